The van der Waals surface area contributed by atoms with Crippen LogP contribution in [0.3, 0.4) is 0 Å². The summed E-state index contributed by atoms with van der Waals surface area (Å²) >= 11 is 0. The molecule has 1 aromatic rings. The summed E-state index contributed by atoms with van der Waals surface area (Å²) in [6.07, 6.45) is 16.2. The molecule has 2 aliphatic carbocycles. The molecule has 0 spiro atoms. The van der Waals surface area contributed by atoms with Crippen molar-refractivity contribution in [2.45, 2.75) is 89.9 Å². The average molecular weight is 349 g/mol. The molecule has 2 fully saturated rings. The Morgan fingerprint density at radius 1 is 0.800 bits per heavy atom. The Hall–Kier alpha value is -0.920. The molecule has 0 atom stereocenters. The smallest absolute Gasteiger partial charge is 0.159 e. The minimum Gasteiger partial charge on any atom is -0.204 e. The van der Waals surface area contributed by atoms with Crippen LogP contribution in [0.5, 0.6) is 0 Å². The number of benzene rings is 1. The molecule has 3 rings (SSSR count). The summed E-state index contributed by atoms with van der Waals surface area (Å²) in [6, 6.07) is 4.49. The average Bonchev–Trinajstić information content (AvgIpc) is 2.65. The fraction of sp³-hybridized carbons (Fsp3) is 0.739. The van der Waals surface area contributed by atoms with E-state index in [0.29, 0.717) is 5.92 Å². The van der Waals surface area contributed by atoms with Crippen LogP contribution in [0, 0.1) is 29.4 Å². The molecule has 0 aromatic heterocycles. The Balaban J connectivity index is 1.43. The van der Waals surface area contributed by atoms with Crippen LogP contribution in [0.15, 0.2) is 18.2 Å². The third-order valence-corrected chi connectivity index (χ3v) is 6.96. The largest absolute Gasteiger partial charge is 0.204 e. The molecule has 1 aromatic carbocycles. The van der Waals surface area contributed by atoms with Crippen LogP contribution in [0.2, 0.25) is 0 Å². The van der Waals surface area contributed by atoms with Crippen LogP contribution in [0.1, 0.15) is 95.5 Å². The predicted octanol–water partition coefficient (Wildman–Crippen LogP) is 7.63. The molecular weight excluding hydrogens is 314 g/mol. The van der Waals surface area contributed by atoms with E-state index in [0.717, 1.165) is 36.2 Å². The Bertz CT molecular complexity index is 523. The van der Waals surface area contributed by atoms with E-state index < -0.39 is 11.6 Å². The lowest BCUT2D eigenvalue weighted by atomic mass is 9.68. The van der Waals surface area contributed by atoms with Crippen LogP contribution < -0.4 is 0 Å². The molecule has 2 saturated carbocycles. The van der Waals surface area contributed by atoms with Gasteiger partial charge in [-0.2, -0.15) is 0 Å². The van der Waals surface area contributed by atoms with Crippen molar-refractivity contribution >= 4 is 0 Å². The van der Waals surface area contributed by atoms with Crippen LogP contribution in [-0.2, 0) is 0 Å². The first kappa shape index (κ1) is 18.9. The van der Waals surface area contributed by atoms with Crippen LogP contribution in [-0.4, -0.2) is 0 Å². The molecule has 0 unspecified atom stereocenters. The van der Waals surface area contributed by atoms with Gasteiger partial charge in [0.1, 0.15) is 0 Å². The minimum atomic E-state index is -0.729. The molecule has 0 aliphatic heterocycles. The maximum absolute atomic E-state index is 13.5. The second-order valence-corrected chi connectivity index (χ2v) is 8.56. The second kappa shape index (κ2) is 9.14. The lowest BCUT2D eigenvalue weighted by molar-refractivity contribution is 0.155. The lowest BCUT2D eigenvalue weighted by Gasteiger charge is -2.38. The van der Waals surface area contributed by atoms with Crippen molar-refractivity contribution in [1.82, 2.24) is 0 Å². The third kappa shape index (κ3) is 5.05. The molecule has 25 heavy (non-hydrogen) atoms. The van der Waals surface area contributed by atoms with E-state index in [2.05, 4.69) is 6.92 Å². The zero-order valence-electron chi connectivity index (χ0n) is 15.8. The van der Waals surface area contributed by atoms with Gasteiger partial charge in [-0.3, -0.25) is 0 Å². The topological polar surface area (TPSA) is 0 Å². The summed E-state index contributed by atoms with van der Waals surface area (Å²) in [5.41, 5.74) is 0.997. The van der Waals surface area contributed by atoms with Gasteiger partial charge in [0, 0.05) is 0 Å². The highest BCUT2D eigenvalue weighted by atomic mass is 19.2. The van der Waals surface area contributed by atoms with E-state index in [1.807, 2.05) is 0 Å². The maximum Gasteiger partial charge on any atom is 0.159 e. The van der Waals surface area contributed by atoms with Crippen molar-refractivity contribution in [3.05, 3.63) is 35.4 Å². The molecule has 2 heteroatoms. The fourth-order valence-electron chi connectivity index (χ4n) is 5.32. The highest BCUT2D eigenvalue weighted by Crippen LogP contribution is 2.44. The van der Waals surface area contributed by atoms with Crippen LogP contribution in [0.25, 0.3) is 0 Å². The van der Waals surface area contributed by atoms with Gasteiger partial charge >= 0.3 is 0 Å². The zero-order valence-corrected chi connectivity index (χ0v) is 15.8. The van der Waals surface area contributed by atoms with Gasteiger partial charge in [-0.25, -0.2) is 8.78 Å². The zero-order chi connectivity index (χ0) is 17.6. The Morgan fingerprint density at radius 2 is 1.44 bits per heavy atom. The second-order valence-electron chi connectivity index (χ2n) is 8.56. The normalized spacial score (nSPS) is 30.4. The van der Waals surface area contributed by atoms with E-state index >= 15 is 0 Å². The van der Waals surface area contributed by atoms with Crippen molar-refractivity contribution in [2.75, 3.05) is 0 Å². The highest BCUT2D eigenvalue weighted by Gasteiger charge is 2.31. The van der Waals surface area contributed by atoms with E-state index in [-0.39, 0.29) is 0 Å². The van der Waals surface area contributed by atoms with Crippen molar-refractivity contribution in [1.29, 1.82) is 0 Å². The van der Waals surface area contributed by atoms with Crippen molar-refractivity contribution in [3.63, 3.8) is 0 Å². The monoisotopic (exact) mass is 348 g/mol. The molecule has 0 bridgehead atoms. The summed E-state index contributed by atoms with van der Waals surface area (Å²) in [5, 5.41) is 0. The number of unbranched alkanes of at least 4 members (excludes halogenated alkanes) is 2. The van der Waals surface area contributed by atoms with Gasteiger partial charge in [0.25, 0.3) is 0 Å². The number of hydrogen-bond donors (Lipinski definition) is 0. The van der Waals surface area contributed by atoms with Gasteiger partial charge < -0.3 is 0 Å². The number of hydrogen-bond acceptors (Lipinski definition) is 0. The van der Waals surface area contributed by atoms with Crippen molar-refractivity contribution in [3.8, 4) is 0 Å². The van der Waals surface area contributed by atoms with E-state index in [1.165, 1.54) is 76.3 Å². The number of halogens is 2. The first-order chi connectivity index (χ1) is 12.2. The van der Waals surface area contributed by atoms with Crippen LogP contribution >= 0.6 is 0 Å². The molecule has 0 nitrogen and oxygen atoms in total. The van der Waals surface area contributed by atoms with Gasteiger partial charge in [-0.15, -0.1) is 0 Å². The molecule has 0 saturated heterocycles. The summed E-state index contributed by atoms with van der Waals surface area (Å²) in [6.45, 7) is 2.29. The summed E-state index contributed by atoms with van der Waals surface area (Å²) in [4.78, 5) is 0. The van der Waals surface area contributed by atoms with Gasteiger partial charge in [0.2, 0.25) is 0 Å². The maximum atomic E-state index is 13.5. The first-order valence-corrected chi connectivity index (χ1v) is 10.6. The first-order valence-electron chi connectivity index (χ1n) is 10.6. The molecule has 0 N–H and O–H groups in total. The van der Waals surface area contributed by atoms with Gasteiger partial charge in [-0.1, -0.05) is 51.5 Å². The molecule has 0 amide bonds. The summed E-state index contributed by atoms with van der Waals surface area (Å²) < 4.78 is 26.6. The van der Waals surface area contributed by atoms with Crippen molar-refractivity contribution in [2.24, 2.45) is 17.8 Å². The minimum absolute atomic E-state index is 0.428. The lowest BCUT2D eigenvalue weighted by Crippen LogP contribution is -2.25. The standard InChI is InChI=1S/C23H34F2/c1-2-3-4-5-17-6-8-18(9-7-17)19-10-12-20(13-11-19)21-14-15-22(24)23(25)16-21/h14-20H,2-13H2,1H3. The predicted molar refractivity (Wildman–Crippen MR) is 101 cm³/mol. The molecular formula is C23H34F2. The summed E-state index contributed by atoms with van der Waals surface area (Å²) in [7, 11) is 0. The fourth-order valence-corrected chi connectivity index (χ4v) is 5.32. The third-order valence-electron chi connectivity index (χ3n) is 6.96. The van der Waals surface area contributed by atoms with E-state index in [9.17, 15) is 8.78 Å². The Labute approximate surface area is 152 Å². The SMILES string of the molecule is CCCCCC1CCC(C2CCC(c3ccc(F)c(F)c3)CC2)CC1. The van der Waals surface area contributed by atoms with Gasteiger partial charge in [0.15, 0.2) is 11.6 Å². The highest BCUT2D eigenvalue weighted by molar-refractivity contribution is 5.22. The van der Waals surface area contributed by atoms with Crippen LogP contribution in [0.4, 0.5) is 8.78 Å². The molecule has 0 radical (unpaired) electrons. The quantitative estimate of drug-likeness (QED) is 0.464. The van der Waals surface area contributed by atoms with Gasteiger partial charge in [-0.05, 0) is 79.9 Å². The van der Waals surface area contributed by atoms with Gasteiger partial charge in [0.05, 0.1) is 0 Å². The molecule has 140 valence electrons. The Kier molecular flexibility index (Phi) is 6.90. The number of rotatable bonds is 6. The Morgan fingerprint density at radius 3 is 2.04 bits per heavy atom. The van der Waals surface area contributed by atoms with Crippen molar-refractivity contribution < 1.29 is 8.78 Å². The summed E-state index contributed by atoms with van der Waals surface area (Å²) in [5.74, 6) is 1.79. The van der Waals surface area contributed by atoms with E-state index in [4.69, 9.17) is 0 Å². The van der Waals surface area contributed by atoms with E-state index in [1.54, 1.807) is 6.07 Å². The molecule has 0 heterocycles. The molecule has 2 aliphatic rings.